The van der Waals surface area contributed by atoms with Crippen LogP contribution in [0.15, 0.2) is 18.3 Å². The molecule has 0 aliphatic carbocycles. The zero-order valence-corrected chi connectivity index (χ0v) is 15.9. The van der Waals surface area contributed by atoms with Gasteiger partial charge in [0.15, 0.2) is 0 Å². The van der Waals surface area contributed by atoms with Crippen LogP contribution in [0.3, 0.4) is 0 Å². The average molecular weight is 345 g/mol. The molecule has 25 heavy (non-hydrogen) atoms. The number of hydrogen-bond acceptors (Lipinski definition) is 4. The van der Waals surface area contributed by atoms with Gasteiger partial charge in [0.2, 0.25) is 5.91 Å². The first kappa shape index (κ1) is 18.2. The van der Waals surface area contributed by atoms with Crippen LogP contribution in [0, 0.1) is 6.92 Å². The predicted octanol–water partition coefficient (Wildman–Crippen LogP) is 2.74. The molecule has 2 fully saturated rings. The standard InChI is InChI=1S/C20H32N4O/c1-15(2)24-11-5-4-6-18(24)20(25)22-17-9-12-23(13-10-17)19-8-7-16(3)14-21-19/h7-8,14-15,17-18H,4-6,9-13H2,1-3H3,(H,22,25)/t18-/m0/s1. The van der Waals surface area contributed by atoms with Gasteiger partial charge in [-0.25, -0.2) is 4.98 Å². The van der Waals surface area contributed by atoms with Crippen LogP contribution in [-0.4, -0.2) is 53.6 Å². The average Bonchev–Trinajstić information content (AvgIpc) is 2.63. The summed E-state index contributed by atoms with van der Waals surface area (Å²) in [5.74, 6) is 1.29. The van der Waals surface area contributed by atoms with Crippen molar-refractivity contribution in [3.8, 4) is 0 Å². The fourth-order valence-corrected chi connectivity index (χ4v) is 4.05. The van der Waals surface area contributed by atoms with Gasteiger partial charge in [0, 0.05) is 31.4 Å². The summed E-state index contributed by atoms with van der Waals surface area (Å²) in [6.45, 7) is 9.41. The quantitative estimate of drug-likeness (QED) is 0.912. The largest absolute Gasteiger partial charge is 0.356 e. The van der Waals surface area contributed by atoms with Gasteiger partial charge in [0.1, 0.15) is 5.82 Å². The van der Waals surface area contributed by atoms with E-state index in [0.29, 0.717) is 12.1 Å². The highest BCUT2D eigenvalue weighted by Crippen LogP contribution is 2.22. The number of likely N-dealkylation sites (tertiary alicyclic amines) is 1. The van der Waals surface area contributed by atoms with E-state index in [1.807, 2.05) is 6.20 Å². The molecule has 2 saturated heterocycles. The van der Waals surface area contributed by atoms with Crippen molar-refractivity contribution in [1.82, 2.24) is 15.2 Å². The molecule has 1 N–H and O–H groups in total. The summed E-state index contributed by atoms with van der Waals surface area (Å²) in [6, 6.07) is 5.00. The van der Waals surface area contributed by atoms with E-state index in [9.17, 15) is 4.79 Å². The summed E-state index contributed by atoms with van der Waals surface area (Å²) in [5, 5.41) is 3.33. The van der Waals surface area contributed by atoms with E-state index in [-0.39, 0.29) is 11.9 Å². The van der Waals surface area contributed by atoms with Crippen molar-refractivity contribution in [3.63, 3.8) is 0 Å². The van der Waals surface area contributed by atoms with Gasteiger partial charge < -0.3 is 10.2 Å². The maximum absolute atomic E-state index is 12.8. The van der Waals surface area contributed by atoms with Gasteiger partial charge in [-0.1, -0.05) is 12.5 Å². The van der Waals surface area contributed by atoms with E-state index >= 15 is 0 Å². The Hall–Kier alpha value is -1.62. The molecule has 5 heteroatoms. The van der Waals surface area contributed by atoms with Crippen molar-refractivity contribution in [2.75, 3.05) is 24.5 Å². The van der Waals surface area contributed by atoms with Crippen LogP contribution in [-0.2, 0) is 4.79 Å². The Kier molecular flexibility index (Phi) is 5.94. The molecule has 1 amide bonds. The number of aromatic nitrogens is 1. The van der Waals surface area contributed by atoms with Gasteiger partial charge in [0.25, 0.3) is 0 Å². The highest BCUT2D eigenvalue weighted by atomic mass is 16.2. The molecule has 2 aliphatic heterocycles. The lowest BCUT2D eigenvalue weighted by molar-refractivity contribution is -0.129. The van der Waals surface area contributed by atoms with E-state index in [0.717, 1.165) is 44.7 Å². The van der Waals surface area contributed by atoms with Crippen LogP contribution in [0.4, 0.5) is 5.82 Å². The summed E-state index contributed by atoms with van der Waals surface area (Å²) in [6.07, 6.45) is 7.29. The molecule has 138 valence electrons. The molecular formula is C20H32N4O. The van der Waals surface area contributed by atoms with E-state index in [1.165, 1.54) is 18.4 Å². The lowest BCUT2D eigenvalue weighted by Crippen LogP contribution is -2.55. The number of pyridine rings is 1. The summed E-state index contributed by atoms with van der Waals surface area (Å²) < 4.78 is 0. The van der Waals surface area contributed by atoms with Crippen molar-refractivity contribution in [3.05, 3.63) is 23.9 Å². The van der Waals surface area contributed by atoms with Gasteiger partial charge in [0.05, 0.1) is 6.04 Å². The first-order valence-electron chi connectivity index (χ1n) is 9.78. The number of hydrogen-bond donors (Lipinski definition) is 1. The lowest BCUT2D eigenvalue weighted by Gasteiger charge is -2.39. The van der Waals surface area contributed by atoms with E-state index in [1.54, 1.807) is 0 Å². The predicted molar refractivity (Wildman–Crippen MR) is 102 cm³/mol. The van der Waals surface area contributed by atoms with Crippen LogP contribution in [0.1, 0.15) is 51.5 Å². The summed E-state index contributed by atoms with van der Waals surface area (Å²) >= 11 is 0. The van der Waals surface area contributed by atoms with Crippen molar-refractivity contribution in [2.45, 2.75) is 71.0 Å². The summed E-state index contributed by atoms with van der Waals surface area (Å²) in [7, 11) is 0. The fraction of sp³-hybridized carbons (Fsp3) is 0.700. The molecule has 0 radical (unpaired) electrons. The molecule has 1 atom stereocenters. The van der Waals surface area contributed by atoms with Crippen LogP contribution in [0.5, 0.6) is 0 Å². The second-order valence-electron chi connectivity index (χ2n) is 7.81. The minimum atomic E-state index is 0.0607. The number of nitrogens with zero attached hydrogens (tertiary/aromatic N) is 3. The Bertz CT molecular complexity index is 564. The molecule has 0 saturated carbocycles. The van der Waals surface area contributed by atoms with Gasteiger partial charge in [-0.05, 0) is 64.6 Å². The van der Waals surface area contributed by atoms with Crippen LogP contribution in [0.25, 0.3) is 0 Å². The Morgan fingerprint density at radius 2 is 1.92 bits per heavy atom. The van der Waals surface area contributed by atoms with E-state index < -0.39 is 0 Å². The molecule has 2 aliphatic rings. The topological polar surface area (TPSA) is 48.5 Å². The van der Waals surface area contributed by atoms with Gasteiger partial charge in [-0.2, -0.15) is 0 Å². The highest BCUT2D eigenvalue weighted by Gasteiger charge is 2.32. The third kappa shape index (κ3) is 4.51. The maximum atomic E-state index is 12.8. The van der Waals surface area contributed by atoms with Gasteiger partial charge in [-0.3, -0.25) is 9.69 Å². The SMILES string of the molecule is Cc1ccc(N2CCC(NC(=O)[C@@H]3CCCCN3C(C)C)CC2)nc1. The molecule has 3 rings (SSSR count). The Morgan fingerprint density at radius 1 is 1.16 bits per heavy atom. The minimum absolute atomic E-state index is 0.0607. The Morgan fingerprint density at radius 3 is 2.56 bits per heavy atom. The third-order valence-corrected chi connectivity index (χ3v) is 5.57. The second-order valence-corrected chi connectivity index (χ2v) is 7.81. The van der Waals surface area contributed by atoms with Crippen LogP contribution in [0.2, 0.25) is 0 Å². The zero-order chi connectivity index (χ0) is 17.8. The van der Waals surface area contributed by atoms with Gasteiger partial charge in [-0.15, -0.1) is 0 Å². The maximum Gasteiger partial charge on any atom is 0.237 e. The molecule has 1 aromatic rings. The van der Waals surface area contributed by atoms with Crippen LogP contribution < -0.4 is 10.2 Å². The molecule has 1 aromatic heterocycles. The molecule has 0 bridgehead atoms. The summed E-state index contributed by atoms with van der Waals surface area (Å²) in [4.78, 5) is 22.0. The first-order valence-corrected chi connectivity index (χ1v) is 9.78. The first-order chi connectivity index (χ1) is 12.0. The van der Waals surface area contributed by atoms with Crippen molar-refractivity contribution < 1.29 is 4.79 Å². The number of amides is 1. The molecule has 0 aromatic carbocycles. The monoisotopic (exact) mass is 344 g/mol. The number of carbonyl (C=O) groups excluding carboxylic acids is 1. The number of anilines is 1. The fourth-order valence-electron chi connectivity index (χ4n) is 4.05. The van der Waals surface area contributed by atoms with E-state index in [2.05, 4.69) is 53.0 Å². The summed E-state index contributed by atoms with van der Waals surface area (Å²) in [5.41, 5.74) is 1.19. The number of aryl methyl sites for hydroxylation is 1. The molecular weight excluding hydrogens is 312 g/mol. The second kappa shape index (κ2) is 8.17. The van der Waals surface area contributed by atoms with Gasteiger partial charge >= 0.3 is 0 Å². The molecule has 0 unspecified atom stereocenters. The van der Waals surface area contributed by atoms with Crippen molar-refractivity contribution in [2.24, 2.45) is 0 Å². The lowest BCUT2D eigenvalue weighted by atomic mass is 9.98. The smallest absolute Gasteiger partial charge is 0.237 e. The van der Waals surface area contributed by atoms with E-state index in [4.69, 9.17) is 0 Å². The third-order valence-electron chi connectivity index (χ3n) is 5.57. The number of nitrogens with one attached hydrogen (secondary N) is 1. The van der Waals surface area contributed by atoms with Crippen molar-refractivity contribution >= 4 is 11.7 Å². The molecule has 5 nitrogen and oxygen atoms in total. The Balaban J connectivity index is 1.51. The number of rotatable bonds is 4. The highest BCUT2D eigenvalue weighted by molar-refractivity contribution is 5.82. The molecule has 0 spiro atoms. The Labute approximate surface area is 151 Å². The zero-order valence-electron chi connectivity index (χ0n) is 15.9. The van der Waals surface area contributed by atoms with Crippen LogP contribution >= 0.6 is 0 Å². The number of carbonyl (C=O) groups is 1. The van der Waals surface area contributed by atoms with Crippen molar-refractivity contribution in [1.29, 1.82) is 0 Å². The minimum Gasteiger partial charge on any atom is -0.356 e. The number of piperidine rings is 2. The normalized spacial score (nSPS) is 23.0. The molecule has 3 heterocycles.